The molecule has 2 heterocycles. The molecule has 0 aliphatic heterocycles. The molecule has 2 aromatic heterocycles. The van der Waals surface area contributed by atoms with Gasteiger partial charge < -0.3 is 5.11 Å². The van der Waals surface area contributed by atoms with Crippen molar-refractivity contribution >= 4 is 38.7 Å². The van der Waals surface area contributed by atoms with Crippen molar-refractivity contribution in [3.63, 3.8) is 0 Å². The van der Waals surface area contributed by atoms with Gasteiger partial charge in [0.25, 0.3) is 0 Å². The van der Waals surface area contributed by atoms with Crippen LogP contribution in [0.25, 0.3) is 20.7 Å². The van der Waals surface area contributed by atoms with Crippen LogP contribution in [-0.2, 0) is 0 Å². The predicted molar refractivity (Wildman–Crippen MR) is 88.8 cm³/mol. The Morgan fingerprint density at radius 2 is 2.00 bits per heavy atom. The fourth-order valence-corrected chi connectivity index (χ4v) is 4.46. The monoisotopic (exact) mass is 328 g/mol. The Balaban J connectivity index is 2.27. The molecule has 1 aromatic carbocycles. The lowest BCUT2D eigenvalue weighted by molar-refractivity contribution is 0.0701. The Hall–Kier alpha value is -2.23. The fraction of sp³-hybridized carbons (Fsp3) is 0.188. The number of thiophene rings is 1. The number of carboxylic acid groups (broad SMARTS) is 1. The summed E-state index contributed by atoms with van der Waals surface area (Å²) >= 11 is 2.79. The molecule has 4 nitrogen and oxygen atoms in total. The Bertz CT molecular complexity index is 961. The maximum Gasteiger partial charge on any atom is 0.347 e. The van der Waals surface area contributed by atoms with E-state index in [1.165, 1.54) is 4.88 Å². The Morgan fingerprint density at radius 1 is 1.27 bits per heavy atom. The van der Waals surface area contributed by atoms with Crippen LogP contribution in [0.1, 0.15) is 31.4 Å². The normalized spacial score (nSPS) is 10.8. The van der Waals surface area contributed by atoms with Gasteiger partial charge in [0.2, 0.25) is 0 Å². The van der Waals surface area contributed by atoms with Crippen molar-refractivity contribution < 1.29 is 9.90 Å². The summed E-state index contributed by atoms with van der Waals surface area (Å²) in [5, 5.41) is 20.2. The molecule has 3 rings (SSSR count). The van der Waals surface area contributed by atoms with Gasteiger partial charge in [-0.15, -0.1) is 22.7 Å². The van der Waals surface area contributed by atoms with E-state index >= 15 is 0 Å². The first-order chi connectivity index (χ1) is 10.4. The highest BCUT2D eigenvalue weighted by Crippen LogP contribution is 2.37. The van der Waals surface area contributed by atoms with Gasteiger partial charge >= 0.3 is 5.97 Å². The molecule has 0 saturated heterocycles. The summed E-state index contributed by atoms with van der Waals surface area (Å²) in [7, 11) is 0. The summed E-state index contributed by atoms with van der Waals surface area (Å²) in [6, 6.07) is 6.03. The Labute approximate surface area is 135 Å². The zero-order valence-electron chi connectivity index (χ0n) is 12.2. The largest absolute Gasteiger partial charge is 0.477 e. The van der Waals surface area contributed by atoms with Gasteiger partial charge in [0.1, 0.15) is 9.88 Å². The van der Waals surface area contributed by atoms with Crippen LogP contribution in [0.3, 0.4) is 0 Å². The van der Waals surface area contributed by atoms with E-state index in [1.54, 1.807) is 24.3 Å². The van der Waals surface area contributed by atoms with E-state index < -0.39 is 5.97 Å². The number of carboxylic acids is 1. The SMILES string of the molecule is Cc1nc(-c2cc(C#N)c3c(C)c(C)sc3c2)sc1C(=O)O. The molecule has 0 spiro atoms. The molecule has 0 atom stereocenters. The first kappa shape index (κ1) is 14.7. The first-order valence-electron chi connectivity index (χ1n) is 6.57. The van der Waals surface area contributed by atoms with Crippen molar-refractivity contribution in [3.8, 4) is 16.6 Å². The average Bonchev–Trinajstić information content (AvgIpc) is 2.99. The number of thiazole rings is 1. The minimum Gasteiger partial charge on any atom is -0.477 e. The smallest absolute Gasteiger partial charge is 0.347 e. The minimum atomic E-state index is -0.967. The molecule has 1 N–H and O–H groups in total. The first-order valence-corrected chi connectivity index (χ1v) is 8.20. The lowest BCUT2D eigenvalue weighted by Crippen LogP contribution is -1.94. The number of aromatic nitrogens is 1. The van der Waals surface area contributed by atoms with E-state index in [-0.39, 0.29) is 4.88 Å². The lowest BCUT2D eigenvalue weighted by Gasteiger charge is -2.01. The summed E-state index contributed by atoms with van der Waals surface area (Å²) in [4.78, 5) is 16.9. The van der Waals surface area contributed by atoms with E-state index in [4.69, 9.17) is 5.11 Å². The van der Waals surface area contributed by atoms with E-state index in [1.807, 2.05) is 19.9 Å². The molecular formula is C16H12N2O2S2. The van der Waals surface area contributed by atoms with E-state index in [9.17, 15) is 10.1 Å². The van der Waals surface area contributed by atoms with E-state index in [2.05, 4.69) is 11.1 Å². The number of nitriles is 1. The van der Waals surface area contributed by atoms with Gasteiger partial charge in [-0.2, -0.15) is 5.26 Å². The third-order valence-corrected chi connectivity index (χ3v) is 5.98. The fourth-order valence-electron chi connectivity index (χ4n) is 2.43. The minimum absolute atomic E-state index is 0.243. The van der Waals surface area contributed by atoms with Crippen LogP contribution in [0.4, 0.5) is 0 Å². The van der Waals surface area contributed by atoms with Crippen LogP contribution in [-0.4, -0.2) is 16.1 Å². The van der Waals surface area contributed by atoms with Crippen molar-refractivity contribution in [3.05, 3.63) is 38.7 Å². The van der Waals surface area contributed by atoms with Gasteiger partial charge in [0, 0.05) is 20.5 Å². The van der Waals surface area contributed by atoms with Crippen LogP contribution in [0.5, 0.6) is 0 Å². The van der Waals surface area contributed by atoms with Gasteiger partial charge in [-0.3, -0.25) is 0 Å². The molecule has 0 aliphatic carbocycles. The van der Waals surface area contributed by atoms with E-state index in [0.717, 1.165) is 32.5 Å². The molecule has 0 bridgehead atoms. The molecule has 0 saturated carbocycles. The second-order valence-electron chi connectivity index (χ2n) is 5.03. The van der Waals surface area contributed by atoms with Crippen LogP contribution < -0.4 is 0 Å². The number of benzene rings is 1. The Kier molecular flexibility index (Phi) is 3.47. The molecule has 6 heteroatoms. The molecular weight excluding hydrogens is 316 g/mol. The van der Waals surface area contributed by atoms with Gasteiger partial charge in [-0.1, -0.05) is 0 Å². The van der Waals surface area contributed by atoms with Crippen molar-refractivity contribution in [2.75, 3.05) is 0 Å². The third kappa shape index (κ3) is 2.19. The zero-order valence-corrected chi connectivity index (χ0v) is 13.9. The van der Waals surface area contributed by atoms with Crippen LogP contribution in [0.2, 0.25) is 0 Å². The maximum absolute atomic E-state index is 11.2. The van der Waals surface area contributed by atoms with Crippen molar-refractivity contribution in [2.24, 2.45) is 0 Å². The highest BCUT2D eigenvalue weighted by Gasteiger charge is 2.17. The summed E-state index contributed by atoms with van der Waals surface area (Å²) in [5.74, 6) is -0.967. The highest BCUT2D eigenvalue weighted by molar-refractivity contribution is 7.19. The van der Waals surface area contributed by atoms with Gasteiger partial charge in [-0.25, -0.2) is 9.78 Å². The summed E-state index contributed by atoms with van der Waals surface area (Å²) in [6.07, 6.45) is 0. The van der Waals surface area contributed by atoms with Crippen molar-refractivity contribution in [2.45, 2.75) is 20.8 Å². The molecule has 0 unspecified atom stereocenters. The van der Waals surface area contributed by atoms with Gasteiger partial charge in [0.15, 0.2) is 0 Å². The number of hydrogen-bond acceptors (Lipinski definition) is 5. The summed E-state index contributed by atoms with van der Waals surface area (Å²) in [6.45, 7) is 5.74. The third-order valence-electron chi connectivity index (χ3n) is 3.63. The average molecular weight is 328 g/mol. The highest BCUT2D eigenvalue weighted by atomic mass is 32.1. The number of aryl methyl sites for hydroxylation is 3. The summed E-state index contributed by atoms with van der Waals surface area (Å²) in [5.41, 5.74) is 3.04. The van der Waals surface area contributed by atoms with Crippen LogP contribution in [0, 0.1) is 32.1 Å². The number of rotatable bonds is 2. The van der Waals surface area contributed by atoms with Gasteiger partial charge in [0.05, 0.1) is 17.3 Å². The second-order valence-corrected chi connectivity index (χ2v) is 7.29. The topological polar surface area (TPSA) is 74.0 Å². The number of nitrogens with zero attached hydrogens (tertiary/aromatic N) is 2. The molecule has 3 aromatic rings. The maximum atomic E-state index is 11.2. The van der Waals surface area contributed by atoms with Crippen LogP contribution >= 0.6 is 22.7 Å². The number of aromatic carboxylic acids is 1. The second kappa shape index (κ2) is 5.20. The molecule has 0 aliphatic rings. The molecule has 0 fully saturated rings. The molecule has 110 valence electrons. The summed E-state index contributed by atoms with van der Waals surface area (Å²) < 4.78 is 1.04. The number of carbonyl (C=O) groups is 1. The molecule has 0 radical (unpaired) electrons. The van der Waals surface area contributed by atoms with Crippen LogP contribution in [0.15, 0.2) is 12.1 Å². The molecule has 0 amide bonds. The lowest BCUT2D eigenvalue weighted by atomic mass is 10.0. The predicted octanol–water partition coefficient (Wildman–Crippen LogP) is 4.52. The molecule has 22 heavy (non-hydrogen) atoms. The van der Waals surface area contributed by atoms with Crippen molar-refractivity contribution in [1.82, 2.24) is 4.98 Å². The standard InChI is InChI=1S/C16H12N2O2S2/c1-7-9(3)21-12-5-10(4-11(6-17)13(7)12)15-18-8(2)14(22-15)16(19)20/h4-5H,1-3H3,(H,19,20). The zero-order chi connectivity index (χ0) is 16.0. The number of fused-ring (bicyclic) bond motifs is 1. The van der Waals surface area contributed by atoms with Crippen molar-refractivity contribution in [1.29, 1.82) is 5.26 Å². The Morgan fingerprint density at radius 3 is 2.59 bits per heavy atom. The van der Waals surface area contributed by atoms with E-state index in [0.29, 0.717) is 16.3 Å². The quantitative estimate of drug-likeness (QED) is 0.750. The number of hydrogen-bond donors (Lipinski definition) is 1. The van der Waals surface area contributed by atoms with Gasteiger partial charge in [-0.05, 0) is 38.5 Å².